The maximum Gasteiger partial charge on any atom is 0.319 e. The number of hydrogen-bond donors (Lipinski definition) is 3. The molecule has 0 aliphatic heterocycles. The number of hydrogen-bond acceptors (Lipinski definition) is 2. The van der Waals surface area contributed by atoms with Crippen LogP contribution in [0.1, 0.15) is 24.8 Å². The van der Waals surface area contributed by atoms with Crippen LogP contribution in [0.4, 0.5) is 10.5 Å². The van der Waals surface area contributed by atoms with Crippen molar-refractivity contribution >= 4 is 23.3 Å². The molecule has 2 rings (SSSR count). The van der Waals surface area contributed by atoms with E-state index in [9.17, 15) is 9.90 Å². The predicted octanol–water partition coefficient (Wildman–Crippen LogP) is 2.68. The number of halogens is 1. The molecule has 0 radical (unpaired) electrons. The highest BCUT2D eigenvalue weighted by Gasteiger charge is 2.34. The van der Waals surface area contributed by atoms with Crippen LogP contribution in [0.3, 0.4) is 0 Å². The monoisotopic (exact) mass is 268 g/mol. The smallest absolute Gasteiger partial charge is 0.319 e. The summed E-state index contributed by atoms with van der Waals surface area (Å²) in [6.45, 7) is 2.18. The van der Waals surface area contributed by atoms with Crippen molar-refractivity contribution in [1.29, 1.82) is 0 Å². The highest BCUT2D eigenvalue weighted by atomic mass is 35.5. The largest absolute Gasteiger partial charge is 0.388 e. The molecule has 1 saturated carbocycles. The van der Waals surface area contributed by atoms with Crippen LogP contribution in [-0.4, -0.2) is 23.3 Å². The summed E-state index contributed by atoms with van der Waals surface area (Å²) >= 11 is 5.87. The first-order valence-corrected chi connectivity index (χ1v) is 6.40. The van der Waals surface area contributed by atoms with Crippen molar-refractivity contribution in [3.8, 4) is 0 Å². The third-order valence-corrected chi connectivity index (χ3v) is 3.55. The molecule has 4 nitrogen and oxygen atoms in total. The Labute approximate surface area is 111 Å². The van der Waals surface area contributed by atoms with E-state index < -0.39 is 5.60 Å². The van der Waals surface area contributed by atoms with Gasteiger partial charge in [-0.1, -0.05) is 17.7 Å². The van der Waals surface area contributed by atoms with E-state index in [1.54, 1.807) is 12.1 Å². The van der Waals surface area contributed by atoms with E-state index in [2.05, 4.69) is 10.6 Å². The van der Waals surface area contributed by atoms with Gasteiger partial charge in [0.15, 0.2) is 0 Å². The van der Waals surface area contributed by atoms with Gasteiger partial charge >= 0.3 is 6.03 Å². The van der Waals surface area contributed by atoms with Crippen LogP contribution in [0.25, 0.3) is 0 Å². The lowest BCUT2D eigenvalue weighted by Crippen LogP contribution is -2.48. The van der Waals surface area contributed by atoms with Gasteiger partial charge in [-0.05, 0) is 43.9 Å². The number of aryl methyl sites for hydroxylation is 1. The molecule has 5 heteroatoms. The van der Waals surface area contributed by atoms with Crippen LogP contribution >= 0.6 is 11.6 Å². The average Bonchev–Trinajstić information content (AvgIpc) is 2.29. The molecule has 0 bridgehead atoms. The molecule has 0 heterocycles. The van der Waals surface area contributed by atoms with E-state index in [1.807, 2.05) is 13.0 Å². The molecular formula is C13H17ClN2O2. The average molecular weight is 269 g/mol. The van der Waals surface area contributed by atoms with Crippen molar-refractivity contribution < 1.29 is 9.90 Å². The molecule has 0 atom stereocenters. The Morgan fingerprint density at radius 3 is 2.83 bits per heavy atom. The van der Waals surface area contributed by atoms with Crippen LogP contribution in [0, 0.1) is 6.92 Å². The normalized spacial score (nSPS) is 16.8. The zero-order chi connectivity index (χ0) is 13.2. The SMILES string of the molecule is Cc1ccc(Cl)cc1NC(=O)NCC1(O)CCC1. The molecule has 0 spiro atoms. The number of carbonyl (C=O) groups excluding carboxylic acids is 1. The molecule has 1 aliphatic rings. The summed E-state index contributed by atoms with van der Waals surface area (Å²) in [4.78, 5) is 11.7. The molecular weight excluding hydrogens is 252 g/mol. The van der Waals surface area contributed by atoms with Gasteiger partial charge in [-0.25, -0.2) is 4.79 Å². The minimum absolute atomic E-state index is 0.290. The first-order chi connectivity index (χ1) is 8.48. The topological polar surface area (TPSA) is 61.4 Å². The van der Waals surface area contributed by atoms with Gasteiger partial charge in [0.25, 0.3) is 0 Å². The fourth-order valence-corrected chi connectivity index (χ4v) is 2.07. The molecule has 0 unspecified atom stereocenters. The Morgan fingerprint density at radius 1 is 1.50 bits per heavy atom. The quantitative estimate of drug-likeness (QED) is 0.789. The van der Waals surface area contributed by atoms with Crippen molar-refractivity contribution in [1.82, 2.24) is 5.32 Å². The third-order valence-electron chi connectivity index (χ3n) is 3.31. The van der Waals surface area contributed by atoms with Gasteiger partial charge in [-0.15, -0.1) is 0 Å². The van der Waals surface area contributed by atoms with Crippen molar-refractivity contribution in [2.75, 3.05) is 11.9 Å². The fraction of sp³-hybridized carbons (Fsp3) is 0.462. The van der Waals surface area contributed by atoms with Crippen LogP contribution < -0.4 is 10.6 Å². The van der Waals surface area contributed by atoms with Crippen LogP contribution in [0.15, 0.2) is 18.2 Å². The summed E-state index contributed by atoms with van der Waals surface area (Å²) < 4.78 is 0. The number of nitrogens with one attached hydrogen (secondary N) is 2. The molecule has 0 aromatic heterocycles. The third kappa shape index (κ3) is 3.15. The van der Waals surface area contributed by atoms with Gasteiger partial charge in [-0.3, -0.25) is 0 Å². The van der Waals surface area contributed by atoms with Crippen molar-refractivity contribution in [2.45, 2.75) is 31.8 Å². The number of benzene rings is 1. The summed E-state index contributed by atoms with van der Waals surface area (Å²) in [7, 11) is 0. The first-order valence-electron chi connectivity index (χ1n) is 6.02. The second-order valence-corrected chi connectivity index (χ2v) is 5.28. The van der Waals surface area contributed by atoms with Crippen molar-refractivity contribution in [3.63, 3.8) is 0 Å². The summed E-state index contributed by atoms with van der Waals surface area (Å²) in [6, 6.07) is 5.00. The van der Waals surface area contributed by atoms with E-state index in [1.165, 1.54) is 0 Å². The zero-order valence-corrected chi connectivity index (χ0v) is 11.0. The van der Waals surface area contributed by atoms with E-state index in [4.69, 9.17) is 11.6 Å². The lowest BCUT2D eigenvalue weighted by Gasteiger charge is -2.36. The van der Waals surface area contributed by atoms with Crippen molar-refractivity contribution in [2.24, 2.45) is 0 Å². The highest BCUT2D eigenvalue weighted by molar-refractivity contribution is 6.31. The second kappa shape index (κ2) is 5.16. The van der Waals surface area contributed by atoms with Crippen molar-refractivity contribution in [3.05, 3.63) is 28.8 Å². The number of urea groups is 1. The number of amides is 2. The van der Waals surface area contributed by atoms with Gasteiger partial charge in [0.2, 0.25) is 0 Å². The molecule has 1 aliphatic carbocycles. The molecule has 98 valence electrons. The van der Waals surface area contributed by atoms with Gasteiger partial charge < -0.3 is 15.7 Å². The van der Waals surface area contributed by atoms with Gasteiger partial charge in [0, 0.05) is 17.3 Å². The summed E-state index contributed by atoms with van der Waals surface area (Å²) in [5.41, 5.74) is 0.915. The fourth-order valence-electron chi connectivity index (χ4n) is 1.90. The molecule has 2 amide bonds. The Hall–Kier alpha value is -1.26. The number of carbonyl (C=O) groups is 1. The number of aliphatic hydroxyl groups is 1. The van der Waals surface area contributed by atoms with E-state index in [-0.39, 0.29) is 6.03 Å². The summed E-state index contributed by atoms with van der Waals surface area (Å²) in [6.07, 6.45) is 2.53. The summed E-state index contributed by atoms with van der Waals surface area (Å²) in [5.74, 6) is 0. The standard InChI is InChI=1S/C13H17ClN2O2/c1-9-3-4-10(14)7-11(9)16-12(17)15-8-13(18)5-2-6-13/h3-4,7,18H,2,5-6,8H2,1H3,(H2,15,16,17). The second-order valence-electron chi connectivity index (χ2n) is 4.84. The lowest BCUT2D eigenvalue weighted by molar-refractivity contribution is -0.0287. The maximum atomic E-state index is 11.7. The molecule has 0 saturated heterocycles. The molecule has 1 fully saturated rings. The van der Waals surface area contributed by atoms with Gasteiger partial charge in [0.05, 0.1) is 5.60 Å². The van der Waals surface area contributed by atoms with Gasteiger partial charge in [0.1, 0.15) is 0 Å². The molecule has 1 aromatic rings. The van der Waals surface area contributed by atoms with Crippen LogP contribution in [-0.2, 0) is 0 Å². The maximum absolute atomic E-state index is 11.7. The van der Waals surface area contributed by atoms with E-state index in [0.29, 0.717) is 17.3 Å². The highest BCUT2D eigenvalue weighted by Crippen LogP contribution is 2.30. The molecule has 3 N–H and O–H groups in total. The van der Waals surface area contributed by atoms with E-state index in [0.717, 1.165) is 24.8 Å². The Balaban J connectivity index is 1.88. The minimum Gasteiger partial charge on any atom is -0.388 e. The first kappa shape index (κ1) is 13.2. The zero-order valence-electron chi connectivity index (χ0n) is 10.3. The predicted molar refractivity (Wildman–Crippen MR) is 72.0 cm³/mol. The lowest BCUT2D eigenvalue weighted by atomic mass is 9.80. The molecule has 18 heavy (non-hydrogen) atoms. The van der Waals surface area contributed by atoms with E-state index >= 15 is 0 Å². The van der Waals surface area contributed by atoms with Crippen LogP contribution in [0.2, 0.25) is 5.02 Å². The minimum atomic E-state index is -0.708. The van der Waals surface area contributed by atoms with Crippen LogP contribution in [0.5, 0.6) is 0 Å². The molecule has 1 aromatic carbocycles. The summed E-state index contributed by atoms with van der Waals surface area (Å²) in [5, 5.41) is 15.8. The number of rotatable bonds is 3. The number of anilines is 1. The van der Waals surface area contributed by atoms with Gasteiger partial charge in [-0.2, -0.15) is 0 Å². The Morgan fingerprint density at radius 2 is 2.22 bits per heavy atom. The Bertz CT molecular complexity index is 458. The Kier molecular flexibility index (Phi) is 3.78.